The Morgan fingerprint density at radius 2 is 2.00 bits per heavy atom. The van der Waals surface area contributed by atoms with Crippen LogP contribution in [-0.2, 0) is 0 Å². The number of amides is 1. The van der Waals surface area contributed by atoms with Gasteiger partial charge < -0.3 is 10.3 Å². The zero-order valence-corrected chi connectivity index (χ0v) is 14.6. The van der Waals surface area contributed by atoms with E-state index in [1.807, 2.05) is 10.6 Å². The monoisotopic (exact) mass is 362 g/mol. The number of aromatic nitrogens is 5. The van der Waals surface area contributed by atoms with E-state index in [2.05, 4.69) is 20.4 Å². The number of carbonyl (C=O) groups is 1. The second kappa shape index (κ2) is 6.08. The maximum Gasteiger partial charge on any atom is 0.326 e. The van der Waals surface area contributed by atoms with E-state index in [1.54, 1.807) is 41.2 Å². The predicted molar refractivity (Wildman–Crippen MR) is 101 cm³/mol. The molecule has 0 unspecified atom stereocenters. The fraction of sp³-hybridized carbons (Fsp3) is 0.263. The summed E-state index contributed by atoms with van der Waals surface area (Å²) in [6.45, 7) is 0. The molecule has 4 aromatic rings. The van der Waals surface area contributed by atoms with Crippen LogP contribution in [-0.4, -0.2) is 30.1 Å². The molecule has 2 N–H and O–H groups in total. The summed E-state index contributed by atoms with van der Waals surface area (Å²) in [6.07, 6.45) is 7.60. The highest BCUT2D eigenvalue weighted by Crippen LogP contribution is 2.30. The molecule has 0 aliphatic heterocycles. The van der Waals surface area contributed by atoms with Crippen LogP contribution in [0.1, 0.15) is 42.1 Å². The van der Waals surface area contributed by atoms with E-state index >= 15 is 0 Å². The maximum absolute atomic E-state index is 12.7. The van der Waals surface area contributed by atoms with Gasteiger partial charge in [0.25, 0.3) is 5.91 Å². The smallest absolute Gasteiger partial charge is 0.306 e. The van der Waals surface area contributed by atoms with E-state index < -0.39 is 0 Å². The molecule has 1 aliphatic rings. The lowest BCUT2D eigenvalue weighted by Crippen LogP contribution is -2.20. The van der Waals surface area contributed by atoms with Crippen molar-refractivity contribution in [2.24, 2.45) is 0 Å². The first-order valence-corrected chi connectivity index (χ1v) is 9.05. The molecule has 0 atom stereocenters. The fourth-order valence-electron chi connectivity index (χ4n) is 3.91. The molecule has 27 heavy (non-hydrogen) atoms. The van der Waals surface area contributed by atoms with Gasteiger partial charge in [0.1, 0.15) is 5.82 Å². The summed E-state index contributed by atoms with van der Waals surface area (Å²) in [5.41, 5.74) is 2.54. The molecule has 0 spiro atoms. The molecule has 1 aliphatic carbocycles. The lowest BCUT2D eigenvalue weighted by Gasteiger charge is -2.11. The normalized spacial score (nSPS) is 15.0. The number of nitrogens with one attached hydrogen (secondary N) is 2. The van der Waals surface area contributed by atoms with Gasteiger partial charge in [0.05, 0.1) is 17.2 Å². The van der Waals surface area contributed by atoms with Gasteiger partial charge >= 0.3 is 5.69 Å². The third-order valence-corrected chi connectivity index (χ3v) is 5.20. The van der Waals surface area contributed by atoms with Gasteiger partial charge in [-0.05, 0) is 37.1 Å². The van der Waals surface area contributed by atoms with Crippen molar-refractivity contribution >= 4 is 28.4 Å². The average Bonchev–Trinajstić information content (AvgIpc) is 3.40. The van der Waals surface area contributed by atoms with Gasteiger partial charge in [0.15, 0.2) is 5.65 Å². The molecule has 136 valence electrons. The summed E-state index contributed by atoms with van der Waals surface area (Å²) in [6, 6.07) is 9.01. The van der Waals surface area contributed by atoms with Crippen LogP contribution in [0.4, 0.5) is 5.82 Å². The van der Waals surface area contributed by atoms with Crippen LogP contribution in [0.25, 0.3) is 16.7 Å². The molecule has 3 aromatic heterocycles. The number of rotatable bonds is 3. The van der Waals surface area contributed by atoms with Crippen LogP contribution in [0.2, 0.25) is 0 Å². The molecule has 0 radical (unpaired) electrons. The Morgan fingerprint density at radius 1 is 1.15 bits per heavy atom. The molecule has 1 saturated carbocycles. The largest absolute Gasteiger partial charge is 0.326 e. The van der Waals surface area contributed by atoms with Crippen molar-refractivity contribution in [3.05, 3.63) is 58.8 Å². The first-order valence-electron chi connectivity index (χ1n) is 9.05. The molecular weight excluding hydrogens is 344 g/mol. The summed E-state index contributed by atoms with van der Waals surface area (Å²) in [4.78, 5) is 32.2. The van der Waals surface area contributed by atoms with Gasteiger partial charge in [-0.15, -0.1) is 0 Å². The Hall–Kier alpha value is -3.42. The van der Waals surface area contributed by atoms with Crippen molar-refractivity contribution in [1.29, 1.82) is 0 Å². The van der Waals surface area contributed by atoms with Gasteiger partial charge in [-0.2, -0.15) is 9.61 Å². The van der Waals surface area contributed by atoms with E-state index in [1.165, 1.54) is 0 Å². The second-order valence-electron chi connectivity index (χ2n) is 6.86. The van der Waals surface area contributed by atoms with Crippen molar-refractivity contribution in [2.45, 2.75) is 31.7 Å². The first kappa shape index (κ1) is 15.8. The van der Waals surface area contributed by atoms with E-state index in [-0.39, 0.29) is 17.6 Å². The fourth-order valence-corrected chi connectivity index (χ4v) is 3.91. The molecule has 1 amide bonds. The minimum Gasteiger partial charge on any atom is -0.306 e. The number of nitrogens with zero attached hydrogens (tertiary/aromatic N) is 4. The minimum atomic E-state index is -0.269. The number of benzene rings is 1. The molecule has 8 nitrogen and oxygen atoms in total. The summed E-state index contributed by atoms with van der Waals surface area (Å²) in [5.74, 6) is 0.265. The van der Waals surface area contributed by atoms with Crippen molar-refractivity contribution in [1.82, 2.24) is 24.1 Å². The Morgan fingerprint density at radius 3 is 2.85 bits per heavy atom. The molecule has 8 heteroatoms. The van der Waals surface area contributed by atoms with Crippen molar-refractivity contribution in [2.75, 3.05) is 5.32 Å². The van der Waals surface area contributed by atoms with Crippen LogP contribution in [0.5, 0.6) is 0 Å². The summed E-state index contributed by atoms with van der Waals surface area (Å²) < 4.78 is 3.40. The van der Waals surface area contributed by atoms with Crippen molar-refractivity contribution in [3.63, 3.8) is 0 Å². The van der Waals surface area contributed by atoms with E-state index in [4.69, 9.17) is 0 Å². The highest BCUT2D eigenvalue weighted by atomic mass is 16.2. The lowest BCUT2D eigenvalue weighted by atomic mass is 10.1. The van der Waals surface area contributed by atoms with Crippen molar-refractivity contribution in [3.8, 4) is 0 Å². The number of H-pyrrole nitrogens is 1. The van der Waals surface area contributed by atoms with Crippen LogP contribution < -0.4 is 11.0 Å². The van der Waals surface area contributed by atoms with E-state index in [9.17, 15) is 9.59 Å². The van der Waals surface area contributed by atoms with Crippen molar-refractivity contribution < 1.29 is 4.79 Å². The van der Waals surface area contributed by atoms with Crippen LogP contribution in [0.15, 0.2) is 47.5 Å². The SMILES string of the molecule is O=C(Nc1ccnc2ccnn12)c1ccc2c(c1)[nH]c(=O)n2C1CCCC1. The summed E-state index contributed by atoms with van der Waals surface area (Å²) >= 11 is 0. The third kappa shape index (κ3) is 2.61. The van der Waals surface area contributed by atoms with Gasteiger partial charge in [0, 0.05) is 23.9 Å². The Balaban J connectivity index is 1.49. The Bertz CT molecular complexity index is 1210. The standard InChI is InChI=1S/C19H18N6O2/c26-18(23-17-7-9-20-16-8-10-21-25(16)17)12-5-6-15-14(11-12)22-19(27)24(15)13-3-1-2-4-13/h5-11,13H,1-4H2,(H,22,27)(H,23,26). The maximum atomic E-state index is 12.7. The molecule has 0 saturated heterocycles. The van der Waals surface area contributed by atoms with Gasteiger partial charge in [-0.3, -0.25) is 9.36 Å². The zero-order chi connectivity index (χ0) is 18.4. The average molecular weight is 362 g/mol. The highest BCUT2D eigenvalue weighted by molar-refractivity contribution is 6.05. The first-order chi connectivity index (χ1) is 13.2. The minimum absolute atomic E-state index is 0.109. The summed E-state index contributed by atoms with van der Waals surface area (Å²) in [7, 11) is 0. The van der Waals surface area contributed by atoms with Gasteiger partial charge in [0.2, 0.25) is 0 Å². The van der Waals surface area contributed by atoms with Crippen LogP contribution in [0, 0.1) is 0 Å². The number of fused-ring (bicyclic) bond motifs is 2. The van der Waals surface area contributed by atoms with Gasteiger partial charge in [-0.25, -0.2) is 9.78 Å². The number of hydrogen-bond donors (Lipinski definition) is 2. The number of anilines is 1. The predicted octanol–water partition coefficient (Wildman–Crippen LogP) is 2.74. The summed E-state index contributed by atoms with van der Waals surface area (Å²) in [5, 5.41) is 7.01. The van der Waals surface area contributed by atoms with E-state index in [0.717, 1.165) is 31.2 Å². The number of aromatic amines is 1. The number of hydrogen-bond acceptors (Lipinski definition) is 4. The molecular formula is C19H18N6O2. The lowest BCUT2D eigenvalue weighted by molar-refractivity contribution is 0.102. The number of carbonyl (C=O) groups excluding carboxylic acids is 1. The van der Waals surface area contributed by atoms with Crippen LogP contribution in [0.3, 0.4) is 0 Å². The third-order valence-electron chi connectivity index (χ3n) is 5.20. The number of imidazole rings is 1. The molecule has 0 bridgehead atoms. The zero-order valence-electron chi connectivity index (χ0n) is 14.6. The molecule has 1 fully saturated rings. The molecule has 1 aromatic carbocycles. The van der Waals surface area contributed by atoms with Gasteiger partial charge in [-0.1, -0.05) is 12.8 Å². The Labute approximate surface area is 153 Å². The highest BCUT2D eigenvalue weighted by Gasteiger charge is 2.21. The van der Waals surface area contributed by atoms with Crippen LogP contribution >= 0.6 is 0 Å². The topological polar surface area (TPSA) is 97.1 Å². The van der Waals surface area contributed by atoms with E-state index in [0.29, 0.717) is 22.5 Å². The second-order valence-corrected chi connectivity index (χ2v) is 6.86. The molecule has 5 rings (SSSR count). The Kier molecular flexibility index (Phi) is 3.56. The quantitative estimate of drug-likeness (QED) is 0.585. The molecule has 3 heterocycles.